The average molecular weight is 178 g/mol. The van der Waals surface area contributed by atoms with Crippen molar-refractivity contribution in [1.29, 1.82) is 0 Å². The molecule has 0 aromatic rings. The van der Waals surface area contributed by atoms with Crippen LogP contribution >= 0.6 is 0 Å². The third-order valence-corrected chi connectivity index (χ3v) is 0.844. The van der Waals surface area contributed by atoms with E-state index in [1.54, 1.807) is 0 Å². The van der Waals surface area contributed by atoms with Gasteiger partial charge in [0.25, 0.3) is 0 Å². The lowest BCUT2D eigenvalue weighted by Crippen LogP contribution is -2.16. The summed E-state index contributed by atoms with van der Waals surface area (Å²) in [6.07, 6.45) is 0. The van der Waals surface area contributed by atoms with E-state index in [1.807, 2.05) is 0 Å². The van der Waals surface area contributed by atoms with Crippen LogP contribution in [0.15, 0.2) is 13.2 Å². The first kappa shape index (κ1) is 14.1. The first-order chi connectivity index (χ1) is 5.91. The fourth-order valence-electron chi connectivity index (χ4n) is 0.440. The van der Waals surface area contributed by atoms with Gasteiger partial charge in [-0.05, 0) is 0 Å². The molecule has 0 spiro atoms. The second kappa shape index (κ2) is 16.9. The van der Waals surface area contributed by atoms with Crippen LogP contribution in [-0.2, 0) is 9.47 Å². The van der Waals surface area contributed by atoms with Gasteiger partial charge in [-0.3, -0.25) is 0 Å². The quantitative estimate of drug-likeness (QED) is 0.546. The lowest BCUT2D eigenvalue weighted by Gasteiger charge is -2.09. The van der Waals surface area contributed by atoms with Gasteiger partial charge in [-0.25, -0.2) is 0 Å². The SMILES string of the molecule is C1COCCO1.C=C.OCCO. The summed E-state index contributed by atoms with van der Waals surface area (Å²) in [6, 6.07) is 0. The molecule has 1 aliphatic heterocycles. The van der Waals surface area contributed by atoms with Crippen LogP contribution in [0.5, 0.6) is 0 Å². The zero-order chi connectivity index (χ0) is 9.66. The van der Waals surface area contributed by atoms with E-state index in [9.17, 15) is 0 Å². The Balaban J connectivity index is 0. The Morgan fingerprint density at radius 3 is 1.17 bits per heavy atom. The molecule has 4 heteroatoms. The van der Waals surface area contributed by atoms with Crippen molar-refractivity contribution in [3.05, 3.63) is 13.2 Å². The summed E-state index contributed by atoms with van der Waals surface area (Å²) in [4.78, 5) is 0. The molecule has 4 nitrogen and oxygen atoms in total. The lowest BCUT2D eigenvalue weighted by atomic mass is 10.6. The maximum atomic E-state index is 7.62. The summed E-state index contributed by atoms with van der Waals surface area (Å²) in [5.41, 5.74) is 0. The van der Waals surface area contributed by atoms with E-state index in [1.165, 1.54) is 0 Å². The molecule has 1 aliphatic rings. The molecule has 1 heterocycles. The zero-order valence-electron chi connectivity index (χ0n) is 7.37. The smallest absolute Gasteiger partial charge is 0.0701 e. The molecule has 1 fully saturated rings. The van der Waals surface area contributed by atoms with E-state index in [0.717, 1.165) is 26.4 Å². The molecule has 0 aliphatic carbocycles. The minimum absolute atomic E-state index is 0.125. The van der Waals surface area contributed by atoms with Crippen LogP contribution in [0.4, 0.5) is 0 Å². The minimum Gasteiger partial charge on any atom is -0.394 e. The van der Waals surface area contributed by atoms with Gasteiger partial charge in [0.15, 0.2) is 0 Å². The highest BCUT2D eigenvalue weighted by Gasteiger charge is 1.94. The van der Waals surface area contributed by atoms with Crippen molar-refractivity contribution in [2.45, 2.75) is 0 Å². The van der Waals surface area contributed by atoms with Crippen molar-refractivity contribution < 1.29 is 19.7 Å². The van der Waals surface area contributed by atoms with Crippen molar-refractivity contribution >= 4 is 0 Å². The molecule has 0 aromatic carbocycles. The molecule has 0 saturated carbocycles. The first-order valence-corrected chi connectivity index (χ1v) is 3.79. The van der Waals surface area contributed by atoms with Crippen molar-refractivity contribution in [3.63, 3.8) is 0 Å². The molecule has 1 saturated heterocycles. The predicted molar refractivity (Wildman–Crippen MR) is 47.1 cm³/mol. The monoisotopic (exact) mass is 178 g/mol. The van der Waals surface area contributed by atoms with E-state index < -0.39 is 0 Å². The molecular weight excluding hydrogens is 160 g/mol. The lowest BCUT2D eigenvalue weighted by molar-refractivity contribution is -0.0334. The molecule has 0 radical (unpaired) electrons. The number of hydrogen-bond acceptors (Lipinski definition) is 4. The Hall–Kier alpha value is -0.420. The van der Waals surface area contributed by atoms with E-state index >= 15 is 0 Å². The maximum Gasteiger partial charge on any atom is 0.0701 e. The van der Waals surface area contributed by atoms with Crippen LogP contribution in [0.25, 0.3) is 0 Å². The van der Waals surface area contributed by atoms with E-state index in [0.29, 0.717) is 0 Å². The van der Waals surface area contributed by atoms with Crippen LogP contribution in [0, 0.1) is 0 Å². The summed E-state index contributed by atoms with van der Waals surface area (Å²) in [5.74, 6) is 0. The molecule has 0 amide bonds. The first-order valence-electron chi connectivity index (χ1n) is 3.79. The summed E-state index contributed by atoms with van der Waals surface area (Å²) in [5, 5.41) is 15.2. The van der Waals surface area contributed by atoms with Gasteiger partial charge in [0.05, 0.1) is 39.6 Å². The van der Waals surface area contributed by atoms with Crippen molar-refractivity contribution in [1.82, 2.24) is 0 Å². The second-order valence-electron chi connectivity index (χ2n) is 1.67. The highest BCUT2D eigenvalue weighted by Crippen LogP contribution is 1.85. The molecular formula is C8H18O4. The summed E-state index contributed by atoms with van der Waals surface area (Å²) in [6.45, 7) is 8.86. The van der Waals surface area contributed by atoms with E-state index in [-0.39, 0.29) is 13.2 Å². The van der Waals surface area contributed by atoms with Gasteiger partial charge in [0.1, 0.15) is 0 Å². The van der Waals surface area contributed by atoms with Gasteiger partial charge in [0.2, 0.25) is 0 Å². The number of aliphatic hydroxyl groups excluding tert-OH is 2. The summed E-state index contributed by atoms with van der Waals surface area (Å²) < 4.78 is 9.89. The Bertz CT molecular complexity index is 50.6. The third kappa shape index (κ3) is 16.3. The van der Waals surface area contributed by atoms with Crippen molar-refractivity contribution in [3.8, 4) is 0 Å². The number of aliphatic hydroxyl groups is 2. The Kier molecular flexibility index (Phi) is 19.9. The van der Waals surface area contributed by atoms with Gasteiger partial charge in [-0.15, -0.1) is 13.2 Å². The molecule has 0 aromatic heterocycles. The summed E-state index contributed by atoms with van der Waals surface area (Å²) >= 11 is 0. The third-order valence-electron chi connectivity index (χ3n) is 0.844. The number of hydrogen-bond donors (Lipinski definition) is 2. The second-order valence-corrected chi connectivity index (χ2v) is 1.67. The fourth-order valence-corrected chi connectivity index (χ4v) is 0.440. The average Bonchev–Trinajstić information content (AvgIpc) is 2.24. The highest BCUT2D eigenvalue weighted by atomic mass is 16.6. The normalized spacial score (nSPS) is 14.8. The largest absolute Gasteiger partial charge is 0.394 e. The molecule has 0 unspecified atom stereocenters. The number of ether oxygens (including phenoxy) is 2. The fraction of sp³-hybridized carbons (Fsp3) is 0.750. The highest BCUT2D eigenvalue weighted by molar-refractivity contribution is 4.37. The van der Waals surface area contributed by atoms with Crippen molar-refractivity contribution in [2.75, 3.05) is 39.6 Å². The molecule has 74 valence electrons. The topological polar surface area (TPSA) is 58.9 Å². The Morgan fingerprint density at radius 1 is 0.833 bits per heavy atom. The van der Waals surface area contributed by atoms with Gasteiger partial charge >= 0.3 is 0 Å². The minimum atomic E-state index is -0.125. The van der Waals surface area contributed by atoms with Gasteiger partial charge in [0, 0.05) is 0 Å². The van der Waals surface area contributed by atoms with Gasteiger partial charge in [-0.1, -0.05) is 0 Å². The Morgan fingerprint density at radius 2 is 1.08 bits per heavy atom. The molecule has 12 heavy (non-hydrogen) atoms. The van der Waals surface area contributed by atoms with Crippen LogP contribution in [-0.4, -0.2) is 49.9 Å². The Labute approximate surface area is 73.4 Å². The molecule has 0 atom stereocenters. The zero-order valence-corrected chi connectivity index (χ0v) is 7.37. The molecule has 2 N–H and O–H groups in total. The van der Waals surface area contributed by atoms with Crippen LogP contribution in [0.2, 0.25) is 0 Å². The summed E-state index contributed by atoms with van der Waals surface area (Å²) in [7, 11) is 0. The molecule has 0 bridgehead atoms. The maximum absolute atomic E-state index is 7.62. The van der Waals surface area contributed by atoms with E-state index in [4.69, 9.17) is 19.7 Å². The van der Waals surface area contributed by atoms with Crippen molar-refractivity contribution in [2.24, 2.45) is 0 Å². The molecule has 1 rings (SSSR count). The van der Waals surface area contributed by atoms with Gasteiger partial charge in [-0.2, -0.15) is 0 Å². The van der Waals surface area contributed by atoms with E-state index in [2.05, 4.69) is 13.2 Å². The number of rotatable bonds is 1. The predicted octanol–water partition coefficient (Wildman–Crippen LogP) is -0.194. The standard InChI is InChI=1S/C4H8O2.C2H6O2.C2H4/c1-2-6-4-3-5-1;3-1-2-4;1-2/h1-4H2;3-4H,1-2H2;1-2H2. The van der Waals surface area contributed by atoms with Crippen LogP contribution in [0.1, 0.15) is 0 Å². The van der Waals surface area contributed by atoms with Gasteiger partial charge < -0.3 is 19.7 Å². The van der Waals surface area contributed by atoms with Crippen LogP contribution < -0.4 is 0 Å². The van der Waals surface area contributed by atoms with Crippen LogP contribution in [0.3, 0.4) is 0 Å².